The van der Waals surface area contributed by atoms with Crippen LogP contribution < -0.4 is 5.32 Å². The van der Waals surface area contributed by atoms with Crippen LogP contribution in [0.15, 0.2) is 30.5 Å². The highest BCUT2D eigenvalue weighted by molar-refractivity contribution is 5.98. The molecule has 106 valence electrons. The van der Waals surface area contributed by atoms with E-state index in [0.717, 1.165) is 10.9 Å². The molecule has 2 aromatic rings. The number of aliphatic carboxylic acids is 1. The molecular weight excluding hydrogens is 256 g/mol. The highest BCUT2D eigenvalue weighted by atomic mass is 16.4. The number of benzene rings is 1. The lowest BCUT2D eigenvalue weighted by Crippen LogP contribution is -2.28. The summed E-state index contributed by atoms with van der Waals surface area (Å²) in [7, 11) is 0. The van der Waals surface area contributed by atoms with E-state index in [1.54, 1.807) is 6.07 Å². The van der Waals surface area contributed by atoms with Gasteiger partial charge in [0.2, 0.25) is 0 Å². The first-order valence-electron chi connectivity index (χ1n) is 6.63. The average Bonchev–Trinajstić information content (AvgIpc) is 2.89. The molecule has 0 aliphatic rings. The minimum absolute atomic E-state index is 0.129. The van der Waals surface area contributed by atoms with Crippen molar-refractivity contribution in [3.63, 3.8) is 0 Å². The summed E-state index contributed by atoms with van der Waals surface area (Å²) in [4.78, 5) is 25.6. The van der Waals surface area contributed by atoms with Crippen LogP contribution in [0.5, 0.6) is 0 Å². The van der Waals surface area contributed by atoms with Crippen LogP contribution >= 0.6 is 0 Å². The van der Waals surface area contributed by atoms with E-state index >= 15 is 0 Å². The number of carbonyl (C=O) groups is 2. The Bertz CT molecular complexity index is 618. The van der Waals surface area contributed by atoms with Gasteiger partial charge in [-0.25, -0.2) is 0 Å². The fourth-order valence-corrected chi connectivity index (χ4v) is 2.04. The smallest absolute Gasteiger partial charge is 0.303 e. The van der Waals surface area contributed by atoms with Crippen molar-refractivity contribution < 1.29 is 14.7 Å². The molecule has 1 atom stereocenters. The Labute approximate surface area is 117 Å². The third-order valence-electron chi connectivity index (χ3n) is 3.28. The number of fused-ring (bicyclic) bond motifs is 1. The van der Waals surface area contributed by atoms with Crippen molar-refractivity contribution in [3.05, 3.63) is 36.0 Å². The minimum Gasteiger partial charge on any atom is -0.481 e. The molecule has 1 aromatic carbocycles. The Kier molecular flexibility index (Phi) is 4.40. The zero-order valence-corrected chi connectivity index (χ0v) is 11.3. The second kappa shape index (κ2) is 6.23. The molecule has 0 saturated heterocycles. The topological polar surface area (TPSA) is 82.2 Å². The lowest BCUT2D eigenvalue weighted by atomic mass is 10.1. The largest absolute Gasteiger partial charge is 0.481 e. The van der Waals surface area contributed by atoms with Crippen molar-refractivity contribution >= 4 is 22.8 Å². The molecule has 0 aliphatic heterocycles. The van der Waals surface area contributed by atoms with Crippen molar-refractivity contribution in [2.24, 2.45) is 5.92 Å². The average molecular weight is 274 g/mol. The number of H-pyrrole nitrogens is 1. The Morgan fingerprint density at radius 3 is 2.90 bits per heavy atom. The van der Waals surface area contributed by atoms with Gasteiger partial charge in [-0.05, 0) is 36.6 Å². The number of carboxylic acid groups (broad SMARTS) is 1. The molecule has 0 radical (unpaired) electrons. The Balaban J connectivity index is 1.89. The molecule has 0 fully saturated rings. The second-order valence-electron chi connectivity index (χ2n) is 5.03. The fourth-order valence-electron chi connectivity index (χ4n) is 2.04. The lowest BCUT2D eigenvalue weighted by molar-refractivity contribution is -0.137. The van der Waals surface area contributed by atoms with Gasteiger partial charge in [0.1, 0.15) is 0 Å². The summed E-state index contributed by atoms with van der Waals surface area (Å²) in [6.07, 6.45) is 2.53. The van der Waals surface area contributed by atoms with Crippen molar-refractivity contribution in [3.8, 4) is 0 Å². The monoisotopic (exact) mass is 274 g/mol. The SMILES string of the molecule is CC(CCC(=O)O)CNC(=O)c1ccc2[nH]ccc2c1. The van der Waals surface area contributed by atoms with Gasteiger partial charge in [0, 0.05) is 35.6 Å². The molecular formula is C15H18N2O3. The molecule has 1 unspecified atom stereocenters. The summed E-state index contributed by atoms with van der Waals surface area (Å²) in [5.41, 5.74) is 1.61. The van der Waals surface area contributed by atoms with Gasteiger partial charge in [0.15, 0.2) is 0 Å². The molecule has 0 saturated carbocycles. The summed E-state index contributed by atoms with van der Waals surface area (Å²) in [5, 5.41) is 12.4. The van der Waals surface area contributed by atoms with E-state index in [4.69, 9.17) is 5.11 Å². The quantitative estimate of drug-likeness (QED) is 0.756. The minimum atomic E-state index is -0.805. The number of aromatic amines is 1. The number of nitrogens with one attached hydrogen (secondary N) is 2. The van der Waals surface area contributed by atoms with Crippen LogP contribution in [0.2, 0.25) is 0 Å². The first-order valence-corrected chi connectivity index (χ1v) is 6.63. The maximum Gasteiger partial charge on any atom is 0.303 e. The van der Waals surface area contributed by atoms with Crippen LogP contribution in [-0.2, 0) is 4.79 Å². The summed E-state index contributed by atoms with van der Waals surface area (Å²) < 4.78 is 0. The van der Waals surface area contributed by atoms with E-state index in [1.807, 2.05) is 31.3 Å². The molecule has 1 aromatic heterocycles. The molecule has 0 aliphatic carbocycles. The number of carbonyl (C=O) groups excluding carboxylic acids is 1. The van der Waals surface area contributed by atoms with Gasteiger partial charge in [-0.15, -0.1) is 0 Å². The molecule has 0 bridgehead atoms. The Morgan fingerprint density at radius 1 is 1.35 bits per heavy atom. The van der Waals surface area contributed by atoms with Crippen LogP contribution in [0.1, 0.15) is 30.1 Å². The van der Waals surface area contributed by atoms with Crippen LogP contribution in [0.4, 0.5) is 0 Å². The van der Waals surface area contributed by atoms with Crippen molar-refractivity contribution in [1.29, 1.82) is 0 Å². The van der Waals surface area contributed by atoms with Gasteiger partial charge in [0.05, 0.1) is 0 Å². The van der Waals surface area contributed by atoms with Gasteiger partial charge >= 0.3 is 5.97 Å². The highest BCUT2D eigenvalue weighted by Crippen LogP contribution is 2.14. The third kappa shape index (κ3) is 3.60. The first kappa shape index (κ1) is 14.1. The summed E-state index contributed by atoms with van der Waals surface area (Å²) >= 11 is 0. The van der Waals surface area contributed by atoms with Gasteiger partial charge < -0.3 is 15.4 Å². The summed E-state index contributed by atoms with van der Waals surface area (Å²) in [5.74, 6) is -0.789. The van der Waals surface area contributed by atoms with Gasteiger partial charge in [0.25, 0.3) is 5.91 Å². The summed E-state index contributed by atoms with van der Waals surface area (Å²) in [6, 6.07) is 7.40. The number of hydrogen-bond acceptors (Lipinski definition) is 2. The van der Waals surface area contributed by atoms with Crippen LogP contribution in [0.3, 0.4) is 0 Å². The summed E-state index contributed by atoms with van der Waals surface area (Å²) in [6.45, 7) is 2.41. The third-order valence-corrected chi connectivity index (χ3v) is 3.28. The maximum atomic E-state index is 12.0. The van der Waals surface area contributed by atoms with E-state index in [0.29, 0.717) is 18.5 Å². The van der Waals surface area contributed by atoms with Gasteiger partial charge in [-0.3, -0.25) is 9.59 Å². The molecule has 5 heteroatoms. The van der Waals surface area contributed by atoms with Crippen molar-refractivity contribution in [2.75, 3.05) is 6.54 Å². The number of hydrogen-bond donors (Lipinski definition) is 3. The molecule has 5 nitrogen and oxygen atoms in total. The van der Waals surface area contributed by atoms with Gasteiger partial charge in [-0.2, -0.15) is 0 Å². The van der Waals surface area contributed by atoms with E-state index in [1.165, 1.54) is 0 Å². The van der Waals surface area contributed by atoms with Crippen molar-refractivity contribution in [2.45, 2.75) is 19.8 Å². The van der Waals surface area contributed by atoms with Crippen LogP contribution in [-0.4, -0.2) is 28.5 Å². The van der Waals surface area contributed by atoms with Gasteiger partial charge in [-0.1, -0.05) is 6.92 Å². The molecule has 2 rings (SSSR count). The predicted octanol–water partition coefficient (Wildman–Crippen LogP) is 2.40. The lowest BCUT2D eigenvalue weighted by Gasteiger charge is -2.11. The zero-order chi connectivity index (χ0) is 14.5. The van der Waals surface area contributed by atoms with Crippen molar-refractivity contribution in [1.82, 2.24) is 10.3 Å². The number of aromatic nitrogens is 1. The van der Waals surface area contributed by atoms with E-state index in [9.17, 15) is 9.59 Å². The van der Waals surface area contributed by atoms with Crippen LogP contribution in [0.25, 0.3) is 10.9 Å². The van der Waals surface area contributed by atoms with E-state index in [2.05, 4.69) is 10.3 Å². The highest BCUT2D eigenvalue weighted by Gasteiger charge is 2.10. The molecule has 1 amide bonds. The molecule has 1 heterocycles. The maximum absolute atomic E-state index is 12.0. The van der Waals surface area contributed by atoms with Crippen LogP contribution in [0, 0.1) is 5.92 Å². The standard InChI is InChI=1S/C15H18N2O3/c1-10(2-5-14(18)19)9-17-15(20)12-3-4-13-11(8-12)6-7-16-13/h3-4,6-8,10,16H,2,5,9H2,1H3,(H,17,20)(H,18,19). The number of rotatable bonds is 6. The Morgan fingerprint density at radius 2 is 2.15 bits per heavy atom. The number of amides is 1. The van der Waals surface area contributed by atoms with E-state index in [-0.39, 0.29) is 18.2 Å². The zero-order valence-electron chi connectivity index (χ0n) is 11.3. The molecule has 0 spiro atoms. The number of carboxylic acids is 1. The molecule has 3 N–H and O–H groups in total. The predicted molar refractivity (Wildman–Crippen MR) is 76.7 cm³/mol. The first-order chi connectivity index (χ1) is 9.56. The Hall–Kier alpha value is -2.30. The van der Waals surface area contributed by atoms with E-state index < -0.39 is 5.97 Å². The molecule has 20 heavy (non-hydrogen) atoms. The fraction of sp³-hybridized carbons (Fsp3) is 0.333. The normalized spacial score (nSPS) is 12.2. The second-order valence-corrected chi connectivity index (χ2v) is 5.03.